The van der Waals surface area contributed by atoms with E-state index in [-0.39, 0.29) is 35.5 Å². The van der Waals surface area contributed by atoms with Crippen molar-refractivity contribution in [2.45, 2.75) is 36.0 Å². The molecule has 0 aliphatic rings. The van der Waals surface area contributed by atoms with Crippen LogP contribution in [0.3, 0.4) is 0 Å². The van der Waals surface area contributed by atoms with Crippen molar-refractivity contribution in [1.82, 2.24) is 0 Å². The number of hydrogen-bond acceptors (Lipinski definition) is 6. The first-order valence-electron chi connectivity index (χ1n) is 6.59. The van der Waals surface area contributed by atoms with Crippen molar-refractivity contribution in [3.05, 3.63) is 23.8 Å². The van der Waals surface area contributed by atoms with Crippen molar-refractivity contribution in [2.24, 2.45) is 0 Å². The van der Waals surface area contributed by atoms with Crippen LogP contribution in [0.25, 0.3) is 0 Å². The minimum atomic E-state index is -4.52. The fraction of sp³-hybridized carbons (Fsp3) is 0.500. The van der Waals surface area contributed by atoms with Gasteiger partial charge in [0, 0.05) is 0 Å². The van der Waals surface area contributed by atoms with E-state index in [4.69, 9.17) is 9.11 Å². The van der Waals surface area contributed by atoms with Gasteiger partial charge < -0.3 is 0 Å². The number of unbranched alkanes of at least 4 members (excludes halogenated alkanes) is 2. The zero-order valence-corrected chi connectivity index (χ0v) is 14.8. The molecule has 0 radical (unpaired) electrons. The molecule has 0 heterocycles. The van der Waals surface area contributed by atoms with Gasteiger partial charge in [-0.05, 0) is 37.5 Å². The first-order valence-corrected chi connectivity index (χ1v) is 11.3. The van der Waals surface area contributed by atoms with Gasteiger partial charge in [-0.2, -0.15) is 16.8 Å². The van der Waals surface area contributed by atoms with Crippen molar-refractivity contribution in [2.75, 3.05) is 11.5 Å². The third-order valence-electron chi connectivity index (χ3n) is 3.11. The minimum Gasteiger partial charge on any atom is -0.286 e. The van der Waals surface area contributed by atoms with Crippen LogP contribution in [0.15, 0.2) is 28.0 Å². The van der Waals surface area contributed by atoms with E-state index in [1.807, 2.05) is 0 Å². The molecule has 11 heteroatoms. The molecule has 0 saturated carbocycles. The Kier molecular flexibility index (Phi) is 6.32. The van der Waals surface area contributed by atoms with Crippen molar-refractivity contribution in [1.29, 1.82) is 0 Å². The summed E-state index contributed by atoms with van der Waals surface area (Å²) in [6.07, 6.45) is 0.557. The first-order chi connectivity index (χ1) is 10.3. The summed E-state index contributed by atoms with van der Waals surface area (Å²) in [6.45, 7) is 1.43. The van der Waals surface area contributed by atoms with Crippen LogP contribution >= 0.6 is 0 Å². The van der Waals surface area contributed by atoms with Crippen LogP contribution in [-0.4, -0.2) is 45.9 Å². The summed E-state index contributed by atoms with van der Waals surface area (Å²) in [4.78, 5) is -0.699. The Morgan fingerprint density at radius 2 is 1.43 bits per heavy atom. The van der Waals surface area contributed by atoms with E-state index in [9.17, 15) is 25.3 Å². The second kappa shape index (κ2) is 7.26. The van der Waals surface area contributed by atoms with E-state index in [1.54, 1.807) is 0 Å². The molecule has 0 atom stereocenters. The van der Waals surface area contributed by atoms with Gasteiger partial charge in [0.25, 0.3) is 20.2 Å². The Morgan fingerprint density at radius 3 is 1.96 bits per heavy atom. The molecule has 0 aliphatic heterocycles. The Labute approximate surface area is 136 Å². The lowest BCUT2D eigenvalue weighted by Crippen LogP contribution is -2.10. The van der Waals surface area contributed by atoms with Crippen LogP contribution in [0.2, 0.25) is 0 Å². The molecule has 1 aromatic carbocycles. The minimum absolute atomic E-state index is 0.124. The molecular weight excluding hydrogens is 368 g/mol. The lowest BCUT2D eigenvalue weighted by Gasteiger charge is -2.08. The molecule has 0 spiro atoms. The zero-order chi connectivity index (χ0) is 17.9. The molecule has 1 aromatic rings. The second-order valence-electron chi connectivity index (χ2n) is 5.07. The van der Waals surface area contributed by atoms with Gasteiger partial charge in [-0.1, -0.05) is 12.5 Å². The second-order valence-corrected chi connectivity index (χ2v) is 10.1. The fourth-order valence-corrected chi connectivity index (χ4v) is 4.71. The predicted octanol–water partition coefficient (Wildman–Crippen LogP) is 1.07. The van der Waals surface area contributed by atoms with Gasteiger partial charge in [0.2, 0.25) is 0 Å². The Morgan fingerprint density at radius 1 is 0.870 bits per heavy atom. The van der Waals surface area contributed by atoms with E-state index >= 15 is 0 Å². The molecule has 0 fully saturated rings. The molecule has 0 aliphatic carbocycles. The van der Waals surface area contributed by atoms with Gasteiger partial charge in [-0.25, -0.2) is 8.42 Å². The highest BCUT2D eigenvalue weighted by molar-refractivity contribution is 7.91. The highest BCUT2D eigenvalue weighted by Crippen LogP contribution is 2.21. The normalized spacial score (nSPS) is 13.2. The Bertz CT molecular complexity index is 867. The lowest BCUT2D eigenvalue weighted by atomic mass is 10.2. The maximum absolute atomic E-state index is 12.1. The number of hydrogen-bond donors (Lipinski definition) is 2. The summed E-state index contributed by atoms with van der Waals surface area (Å²) in [5.41, 5.74) is 0.222. The molecule has 0 bridgehead atoms. The molecule has 2 N–H and O–H groups in total. The quantitative estimate of drug-likeness (QED) is 0.499. The van der Waals surface area contributed by atoms with Crippen LogP contribution in [0, 0.1) is 6.92 Å². The zero-order valence-electron chi connectivity index (χ0n) is 12.3. The standard InChI is InChI=1S/C12H18O8S3/c1-10-5-6-11(9-12(10)23(18,19)20)21(13,14)7-3-2-4-8-22(15,16)17/h5-6,9H,2-4,7-8H2,1H3,(H,15,16,17)(H,18,19,20). The summed E-state index contributed by atoms with van der Waals surface area (Å²) < 4.78 is 85.4. The van der Waals surface area contributed by atoms with Crippen molar-refractivity contribution in [3.8, 4) is 0 Å². The fourth-order valence-electron chi connectivity index (χ4n) is 1.92. The van der Waals surface area contributed by atoms with Crippen molar-refractivity contribution in [3.63, 3.8) is 0 Å². The molecule has 1 rings (SSSR count). The van der Waals surface area contributed by atoms with Crippen LogP contribution in [0.5, 0.6) is 0 Å². The number of benzene rings is 1. The van der Waals surface area contributed by atoms with E-state index in [2.05, 4.69) is 0 Å². The van der Waals surface area contributed by atoms with Gasteiger partial charge in [0.1, 0.15) is 0 Å². The average Bonchev–Trinajstić information content (AvgIpc) is 2.35. The van der Waals surface area contributed by atoms with E-state index < -0.39 is 40.7 Å². The largest absolute Gasteiger partial charge is 0.294 e. The number of rotatable bonds is 8. The molecule has 132 valence electrons. The molecule has 0 amide bonds. The third kappa shape index (κ3) is 6.55. The van der Waals surface area contributed by atoms with Crippen LogP contribution in [-0.2, 0) is 30.1 Å². The van der Waals surface area contributed by atoms with E-state index in [1.165, 1.54) is 19.1 Å². The highest BCUT2D eigenvalue weighted by atomic mass is 32.2. The maximum Gasteiger partial charge on any atom is 0.294 e. The van der Waals surface area contributed by atoms with Gasteiger partial charge in [-0.3, -0.25) is 9.11 Å². The highest BCUT2D eigenvalue weighted by Gasteiger charge is 2.20. The molecule has 0 saturated heterocycles. The van der Waals surface area contributed by atoms with Crippen LogP contribution < -0.4 is 0 Å². The maximum atomic E-state index is 12.1. The smallest absolute Gasteiger partial charge is 0.286 e. The van der Waals surface area contributed by atoms with Gasteiger partial charge >= 0.3 is 0 Å². The molecule has 23 heavy (non-hydrogen) atoms. The summed E-state index contributed by atoms with van der Waals surface area (Å²) in [6, 6.07) is 3.43. The van der Waals surface area contributed by atoms with Crippen LogP contribution in [0.4, 0.5) is 0 Å². The predicted molar refractivity (Wildman–Crippen MR) is 83.3 cm³/mol. The summed E-state index contributed by atoms with van der Waals surface area (Å²) in [5, 5.41) is 0. The summed E-state index contributed by atoms with van der Waals surface area (Å²) in [5.74, 6) is -0.739. The monoisotopic (exact) mass is 386 g/mol. The Hall–Kier alpha value is -1.01. The average molecular weight is 386 g/mol. The Balaban J connectivity index is 2.82. The van der Waals surface area contributed by atoms with E-state index in [0.717, 1.165) is 6.07 Å². The van der Waals surface area contributed by atoms with Crippen molar-refractivity contribution >= 4 is 30.1 Å². The first kappa shape index (κ1) is 20.0. The molecule has 0 aromatic heterocycles. The molecular formula is C12H18O8S3. The van der Waals surface area contributed by atoms with E-state index in [0.29, 0.717) is 0 Å². The topological polar surface area (TPSA) is 143 Å². The third-order valence-corrected chi connectivity index (χ3v) is 6.71. The lowest BCUT2D eigenvalue weighted by molar-refractivity contribution is 0.478. The van der Waals surface area contributed by atoms with Crippen LogP contribution in [0.1, 0.15) is 24.8 Å². The van der Waals surface area contributed by atoms with Gasteiger partial charge in [-0.15, -0.1) is 0 Å². The SMILES string of the molecule is Cc1ccc(S(=O)(=O)CCCCCS(=O)(=O)O)cc1S(=O)(=O)O. The van der Waals surface area contributed by atoms with Crippen molar-refractivity contribution < 1.29 is 34.4 Å². The van der Waals surface area contributed by atoms with Gasteiger partial charge in [0.05, 0.1) is 21.3 Å². The van der Waals surface area contributed by atoms with Gasteiger partial charge in [0.15, 0.2) is 9.84 Å². The molecule has 8 nitrogen and oxygen atoms in total. The number of sulfone groups is 1. The number of aryl methyl sites for hydroxylation is 1. The summed E-state index contributed by atoms with van der Waals surface area (Å²) in [7, 11) is -12.3. The molecule has 0 unspecified atom stereocenters. The summed E-state index contributed by atoms with van der Waals surface area (Å²) >= 11 is 0.